The first-order valence-corrected chi connectivity index (χ1v) is 9.65. The summed E-state index contributed by atoms with van der Waals surface area (Å²) in [6.45, 7) is 1.31. The Morgan fingerprint density at radius 1 is 1.15 bits per heavy atom. The van der Waals surface area contributed by atoms with Gasteiger partial charge in [0, 0.05) is 55.0 Å². The average Bonchev–Trinajstić information content (AvgIpc) is 3.36. The van der Waals surface area contributed by atoms with Crippen molar-refractivity contribution in [3.05, 3.63) is 48.4 Å². The predicted molar refractivity (Wildman–Crippen MR) is 102 cm³/mol. The fourth-order valence-electron chi connectivity index (χ4n) is 4.09. The van der Waals surface area contributed by atoms with Gasteiger partial charge in [-0.05, 0) is 25.0 Å². The average molecular weight is 364 g/mol. The summed E-state index contributed by atoms with van der Waals surface area (Å²) < 4.78 is 0. The summed E-state index contributed by atoms with van der Waals surface area (Å²) in [7, 11) is 0. The number of carbonyl (C=O) groups excluding carboxylic acids is 2. The quantitative estimate of drug-likeness (QED) is 0.885. The van der Waals surface area contributed by atoms with Crippen molar-refractivity contribution < 1.29 is 9.59 Å². The van der Waals surface area contributed by atoms with Crippen molar-refractivity contribution in [2.75, 3.05) is 13.1 Å². The van der Waals surface area contributed by atoms with Gasteiger partial charge < -0.3 is 10.2 Å². The van der Waals surface area contributed by atoms with Gasteiger partial charge in [-0.15, -0.1) is 0 Å². The highest BCUT2D eigenvalue weighted by molar-refractivity contribution is 5.94. The summed E-state index contributed by atoms with van der Waals surface area (Å²) in [5.41, 5.74) is 2.31. The molecule has 1 aliphatic carbocycles. The maximum Gasteiger partial charge on any atom is 0.251 e. The van der Waals surface area contributed by atoms with Gasteiger partial charge >= 0.3 is 0 Å². The van der Waals surface area contributed by atoms with Crippen molar-refractivity contribution in [3.63, 3.8) is 0 Å². The highest BCUT2D eigenvalue weighted by atomic mass is 16.2. The van der Waals surface area contributed by atoms with Gasteiger partial charge in [-0.3, -0.25) is 19.6 Å². The second-order valence-corrected chi connectivity index (χ2v) is 7.43. The Labute approximate surface area is 159 Å². The van der Waals surface area contributed by atoms with Gasteiger partial charge in [0.15, 0.2) is 0 Å². The van der Waals surface area contributed by atoms with Gasteiger partial charge in [0.25, 0.3) is 5.91 Å². The lowest BCUT2D eigenvalue weighted by atomic mass is 10.1. The highest BCUT2D eigenvalue weighted by Gasteiger charge is 2.35. The van der Waals surface area contributed by atoms with Gasteiger partial charge in [0.1, 0.15) is 0 Å². The normalized spacial score (nSPS) is 20.2. The summed E-state index contributed by atoms with van der Waals surface area (Å²) in [5, 5.41) is 2.99. The largest absolute Gasteiger partial charge is 0.352 e. The monoisotopic (exact) mass is 364 g/mol. The van der Waals surface area contributed by atoms with Crippen LogP contribution >= 0.6 is 0 Å². The molecular formula is C21H24N4O2. The third-order valence-corrected chi connectivity index (χ3v) is 5.56. The maximum atomic E-state index is 12.4. The number of amides is 2. The molecule has 1 N–H and O–H groups in total. The molecule has 2 heterocycles. The number of hydrogen-bond acceptors (Lipinski definition) is 4. The number of carbonyl (C=O) groups is 2. The highest BCUT2D eigenvalue weighted by Crippen LogP contribution is 2.29. The Balaban J connectivity index is 1.31. The second kappa shape index (κ2) is 7.86. The van der Waals surface area contributed by atoms with Crippen molar-refractivity contribution >= 4 is 11.8 Å². The SMILES string of the molecule is O=C(NC[C@H]1CC(=O)N(C2CCCC2)C1)c1ccc(-c2cnccn2)cc1. The van der Waals surface area contributed by atoms with Crippen LogP contribution in [0.1, 0.15) is 42.5 Å². The van der Waals surface area contributed by atoms with Gasteiger partial charge in [-0.1, -0.05) is 25.0 Å². The molecule has 2 aromatic rings. The van der Waals surface area contributed by atoms with Crippen LogP contribution in [0, 0.1) is 5.92 Å². The molecule has 0 radical (unpaired) electrons. The van der Waals surface area contributed by atoms with E-state index >= 15 is 0 Å². The summed E-state index contributed by atoms with van der Waals surface area (Å²) in [6.07, 6.45) is 10.2. The Morgan fingerprint density at radius 2 is 1.93 bits per heavy atom. The molecule has 1 saturated heterocycles. The summed E-state index contributed by atoms with van der Waals surface area (Å²) >= 11 is 0. The van der Waals surface area contributed by atoms with Crippen LogP contribution in [0.25, 0.3) is 11.3 Å². The topological polar surface area (TPSA) is 75.2 Å². The zero-order valence-electron chi connectivity index (χ0n) is 15.3. The minimum absolute atomic E-state index is 0.104. The van der Waals surface area contributed by atoms with Crippen molar-refractivity contribution in [2.45, 2.75) is 38.1 Å². The zero-order valence-corrected chi connectivity index (χ0v) is 15.3. The number of nitrogens with zero attached hydrogens (tertiary/aromatic N) is 3. The van der Waals surface area contributed by atoms with Crippen molar-refractivity contribution in [2.24, 2.45) is 5.92 Å². The molecule has 1 aromatic heterocycles. The third-order valence-electron chi connectivity index (χ3n) is 5.56. The Hall–Kier alpha value is -2.76. The first-order chi connectivity index (χ1) is 13.2. The first kappa shape index (κ1) is 17.6. The van der Waals surface area contributed by atoms with Gasteiger partial charge in [-0.2, -0.15) is 0 Å². The fourth-order valence-corrected chi connectivity index (χ4v) is 4.09. The molecule has 0 unspecified atom stereocenters. The van der Waals surface area contributed by atoms with Gasteiger partial charge in [0.05, 0.1) is 11.9 Å². The second-order valence-electron chi connectivity index (χ2n) is 7.43. The van der Waals surface area contributed by atoms with Crippen molar-refractivity contribution in [1.82, 2.24) is 20.2 Å². The molecule has 1 aliphatic heterocycles. The van der Waals surface area contributed by atoms with Gasteiger partial charge in [0.2, 0.25) is 5.91 Å². The van der Waals surface area contributed by atoms with E-state index in [0.29, 0.717) is 24.6 Å². The summed E-state index contributed by atoms with van der Waals surface area (Å²) in [4.78, 5) is 35.1. The van der Waals surface area contributed by atoms with E-state index in [-0.39, 0.29) is 17.7 Å². The Morgan fingerprint density at radius 3 is 2.63 bits per heavy atom. The van der Waals surface area contributed by atoms with Crippen LogP contribution < -0.4 is 5.32 Å². The number of nitrogens with one attached hydrogen (secondary N) is 1. The lowest BCUT2D eigenvalue weighted by Gasteiger charge is -2.24. The molecule has 0 spiro atoms. The molecule has 1 saturated carbocycles. The minimum Gasteiger partial charge on any atom is -0.352 e. The molecule has 1 aromatic carbocycles. The van der Waals surface area contributed by atoms with Crippen LogP contribution in [0.5, 0.6) is 0 Å². The zero-order chi connectivity index (χ0) is 18.6. The van der Waals surface area contributed by atoms with E-state index in [1.54, 1.807) is 30.7 Å². The van der Waals surface area contributed by atoms with Crippen LogP contribution in [-0.2, 0) is 4.79 Å². The van der Waals surface area contributed by atoms with E-state index in [1.807, 2.05) is 17.0 Å². The predicted octanol–water partition coefficient (Wildman–Crippen LogP) is 2.66. The molecule has 0 bridgehead atoms. The molecular weight excluding hydrogens is 340 g/mol. The maximum absolute atomic E-state index is 12.4. The van der Waals surface area contributed by atoms with E-state index in [4.69, 9.17) is 0 Å². The molecule has 2 fully saturated rings. The van der Waals surface area contributed by atoms with E-state index in [9.17, 15) is 9.59 Å². The molecule has 4 rings (SSSR count). The first-order valence-electron chi connectivity index (χ1n) is 9.65. The van der Waals surface area contributed by atoms with E-state index in [0.717, 1.165) is 30.6 Å². The number of aromatic nitrogens is 2. The number of hydrogen-bond donors (Lipinski definition) is 1. The molecule has 6 heteroatoms. The Kier molecular flexibility index (Phi) is 5.14. The third kappa shape index (κ3) is 3.99. The molecule has 1 atom stereocenters. The molecule has 140 valence electrons. The molecule has 2 amide bonds. The van der Waals surface area contributed by atoms with Crippen molar-refractivity contribution in [1.29, 1.82) is 0 Å². The van der Waals surface area contributed by atoms with Crippen LogP contribution in [0.4, 0.5) is 0 Å². The standard InChI is InChI=1S/C21H24N4O2/c26-20-11-15(14-25(20)18-3-1-2-4-18)12-24-21(27)17-7-5-16(6-8-17)19-13-22-9-10-23-19/h5-10,13,15,18H,1-4,11-12,14H2,(H,24,27)/t15-/m1/s1. The lowest BCUT2D eigenvalue weighted by Crippen LogP contribution is -2.36. The van der Waals surface area contributed by atoms with E-state index in [1.165, 1.54) is 12.8 Å². The molecule has 6 nitrogen and oxygen atoms in total. The fraction of sp³-hybridized carbons (Fsp3) is 0.429. The van der Waals surface area contributed by atoms with Crippen LogP contribution in [-0.4, -0.2) is 45.8 Å². The number of rotatable bonds is 5. The van der Waals surface area contributed by atoms with E-state index < -0.39 is 0 Å². The number of likely N-dealkylation sites (tertiary alicyclic amines) is 1. The van der Waals surface area contributed by atoms with Gasteiger partial charge in [-0.25, -0.2) is 0 Å². The summed E-state index contributed by atoms with van der Waals surface area (Å²) in [5.74, 6) is 0.350. The smallest absolute Gasteiger partial charge is 0.251 e. The van der Waals surface area contributed by atoms with Crippen molar-refractivity contribution in [3.8, 4) is 11.3 Å². The van der Waals surface area contributed by atoms with Crippen LogP contribution in [0.2, 0.25) is 0 Å². The molecule has 27 heavy (non-hydrogen) atoms. The van der Waals surface area contributed by atoms with Crippen LogP contribution in [0.15, 0.2) is 42.9 Å². The Bertz CT molecular complexity index is 801. The van der Waals surface area contributed by atoms with Crippen LogP contribution in [0.3, 0.4) is 0 Å². The van der Waals surface area contributed by atoms with E-state index in [2.05, 4.69) is 15.3 Å². The minimum atomic E-state index is -0.104. The number of benzene rings is 1. The summed E-state index contributed by atoms with van der Waals surface area (Å²) in [6, 6.07) is 7.76. The lowest BCUT2D eigenvalue weighted by molar-refractivity contribution is -0.129. The molecule has 2 aliphatic rings.